The zero-order chi connectivity index (χ0) is 22.9. The van der Waals surface area contributed by atoms with Gasteiger partial charge in [0.05, 0.1) is 6.04 Å². The second-order valence-electron chi connectivity index (χ2n) is 9.35. The number of hydrogen-bond acceptors (Lipinski definition) is 5. The van der Waals surface area contributed by atoms with Crippen LogP contribution in [0.1, 0.15) is 86.0 Å². The van der Waals surface area contributed by atoms with Crippen molar-refractivity contribution >= 4 is 11.8 Å². The molecule has 2 amide bonds. The van der Waals surface area contributed by atoms with E-state index in [9.17, 15) is 18.4 Å². The van der Waals surface area contributed by atoms with E-state index in [0.29, 0.717) is 17.7 Å². The van der Waals surface area contributed by atoms with Gasteiger partial charge in [-0.15, -0.1) is 10.2 Å². The van der Waals surface area contributed by atoms with E-state index >= 15 is 0 Å². The number of fused-ring (bicyclic) bond motifs is 1. The lowest BCUT2D eigenvalue weighted by Gasteiger charge is -2.39. The topological polar surface area (TPSA) is 88.3 Å². The summed E-state index contributed by atoms with van der Waals surface area (Å²) in [6.07, 6.45) is 6.23. The van der Waals surface area contributed by atoms with Gasteiger partial charge in [0.15, 0.2) is 0 Å². The van der Waals surface area contributed by atoms with E-state index in [1.165, 1.54) is 6.42 Å². The molecule has 2 aromatic rings. The van der Waals surface area contributed by atoms with Crippen molar-refractivity contribution in [3.05, 3.63) is 35.2 Å². The number of benzene rings is 1. The average molecular weight is 459 g/mol. The summed E-state index contributed by atoms with van der Waals surface area (Å²) in [4.78, 5) is 28.1. The molecule has 1 unspecified atom stereocenters. The van der Waals surface area contributed by atoms with Crippen LogP contribution in [0.3, 0.4) is 0 Å². The van der Waals surface area contributed by atoms with E-state index < -0.39 is 12.3 Å². The summed E-state index contributed by atoms with van der Waals surface area (Å²) in [5.74, 6) is -0.664. The second-order valence-corrected chi connectivity index (χ2v) is 9.35. The summed E-state index contributed by atoms with van der Waals surface area (Å²) < 4.78 is 30.6. The maximum absolute atomic E-state index is 13.4. The molecule has 2 aliphatic carbocycles. The zero-order valence-corrected chi connectivity index (χ0v) is 18.4. The standard InChI is InChI=1S/C24H28F2N4O3/c25-20(26)23-29-28-22(33-23)15-10-11-16-13-30(24(32)17(16)12-15)19-9-5-4-8-18(19)27-21(31)14-6-2-1-3-7-14/h10-12,14,18-20H,1-9,13H2,(H,27,31)/t18-,19?/m1/s1. The van der Waals surface area contributed by atoms with Crippen molar-refractivity contribution in [2.75, 3.05) is 0 Å². The van der Waals surface area contributed by atoms with Gasteiger partial charge >= 0.3 is 6.43 Å². The van der Waals surface area contributed by atoms with E-state index in [1.807, 2.05) is 11.0 Å². The third kappa shape index (κ3) is 4.37. The maximum Gasteiger partial charge on any atom is 0.314 e. The summed E-state index contributed by atoms with van der Waals surface area (Å²) in [6, 6.07) is 5.06. The van der Waals surface area contributed by atoms with Gasteiger partial charge in [-0.3, -0.25) is 9.59 Å². The molecule has 2 saturated carbocycles. The van der Waals surface area contributed by atoms with Gasteiger partial charge in [-0.25, -0.2) is 0 Å². The summed E-state index contributed by atoms with van der Waals surface area (Å²) in [7, 11) is 0. The number of amides is 2. The minimum absolute atomic E-state index is 0.0327. The first-order valence-electron chi connectivity index (χ1n) is 11.9. The molecule has 9 heteroatoms. The normalized spacial score (nSPS) is 23.7. The molecule has 1 aromatic carbocycles. The van der Waals surface area contributed by atoms with Crippen molar-refractivity contribution in [2.45, 2.75) is 82.8 Å². The van der Waals surface area contributed by atoms with Gasteiger partial charge in [-0.05, 0) is 43.4 Å². The summed E-state index contributed by atoms with van der Waals surface area (Å²) >= 11 is 0. The lowest BCUT2D eigenvalue weighted by atomic mass is 9.86. The zero-order valence-electron chi connectivity index (χ0n) is 18.4. The minimum atomic E-state index is -2.84. The van der Waals surface area contributed by atoms with Crippen molar-refractivity contribution < 1.29 is 22.8 Å². The number of carbonyl (C=O) groups excluding carboxylic acids is 2. The van der Waals surface area contributed by atoms with Crippen molar-refractivity contribution in [3.8, 4) is 11.5 Å². The molecule has 1 N–H and O–H groups in total. The summed E-state index contributed by atoms with van der Waals surface area (Å²) in [5.41, 5.74) is 1.83. The molecule has 33 heavy (non-hydrogen) atoms. The molecule has 0 bridgehead atoms. The van der Waals surface area contributed by atoms with Crippen LogP contribution < -0.4 is 5.32 Å². The van der Waals surface area contributed by atoms with Crippen LogP contribution in [-0.4, -0.2) is 39.0 Å². The highest BCUT2D eigenvalue weighted by Gasteiger charge is 2.39. The van der Waals surface area contributed by atoms with Gasteiger partial charge in [0.2, 0.25) is 11.8 Å². The molecule has 1 aromatic heterocycles. The van der Waals surface area contributed by atoms with E-state index in [0.717, 1.165) is 56.9 Å². The Kier molecular flexibility index (Phi) is 6.12. The largest absolute Gasteiger partial charge is 0.415 e. The maximum atomic E-state index is 13.4. The van der Waals surface area contributed by atoms with Gasteiger partial charge in [-0.1, -0.05) is 38.2 Å². The fourth-order valence-electron chi connectivity index (χ4n) is 5.48. The van der Waals surface area contributed by atoms with Crippen molar-refractivity contribution in [3.63, 3.8) is 0 Å². The lowest BCUT2D eigenvalue weighted by Crippen LogP contribution is -2.54. The molecule has 3 aliphatic rings. The highest BCUT2D eigenvalue weighted by molar-refractivity contribution is 5.99. The molecule has 5 rings (SSSR count). The summed E-state index contributed by atoms with van der Waals surface area (Å²) in [5, 5.41) is 10.3. The Bertz CT molecular complexity index is 1030. The van der Waals surface area contributed by atoms with Crippen LogP contribution in [0.4, 0.5) is 8.78 Å². The van der Waals surface area contributed by atoms with E-state index in [2.05, 4.69) is 15.5 Å². The van der Waals surface area contributed by atoms with Crippen LogP contribution in [0, 0.1) is 5.92 Å². The Hall–Kier alpha value is -2.84. The van der Waals surface area contributed by atoms with Crippen molar-refractivity contribution in [1.29, 1.82) is 0 Å². The average Bonchev–Trinajstić information content (AvgIpc) is 3.45. The molecule has 176 valence electrons. The van der Waals surface area contributed by atoms with Crippen molar-refractivity contribution in [2.24, 2.45) is 5.92 Å². The molecule has 0 spiro atoms. The predicted molar refractivity (Wildman–Crippen MR) is 115 cm³/mol. The molecule has 2 fully saturated rings. The van der Waals surface area contributed by atoms with Gasteiger partial charge < -0.3 is 14.6 Å². The van der Waals surface area contributed by atoms with E-state index in [1.54, 1.807) is 12.1 Å². The lowest BCUT2D eigenvalue weighted by molar-refractivity contribution is -0.127. The number of nitrogens with zero attached hydrogens (tertiary/aromatic N) is 3. The van der Waals surface area contributed by atoms with Crippen LogP contribution in [0.2, 0.25) is 0 Å². The molecular formula is C24H28F2N4O3. The molecule has 2 heterocycles. The third-order valence-corrected chi connectivity index (χ3v) is 7.25. The summed E-state index contributed by atoms with van der Waals surface area (Å²) in [6.45, 7) is 0.473. The second kappa shape index (κ2) is 9.19. The van der Waals surface area contributed by atoms with Crippen molar-refractivity contribution in [1.82, 2.24) is 20.4 Å². The molecule has 1 aliphatic heterocycles. The fraction of sp³-hybridized carbons (Fsp3) is 0.583. The fourth-order valence-corrected chi connectivity index (χ4v) is 5.48. The first-order chi connectivity index (χ1) is 16.0. The molecule has 0 radical (unpaired) electrons. The number of nitrogens with one attached hydrogen (secondary N) is 1. The molecule has 7 nitrogen and oxygen atoms in total. The number of alkyl halides is 2. The van der Waals surface area contributed by atoms with Crippen LogP contribution in [-0.2, 0) is 11.3 Å². The molecule has 0 saturated heterocycles. The molecule has 2 atom stereocenters. The predicted octanol–water partition coefficient (Wildman–Crippen LogP) is 4.64. The number of hydrogen-bond donors (Lipinski definition) is 1. The Morgan fingerprint density at radius 1 is 1.06 bits per heavy atom. The van der Waals surface area contributed by atoms with Crippen LogP contribution in [0.5, 0.6) is 0 Å². The Morgan fingerprint density at radius 2 is 1.82 bits per heavy atom. The number of rotatable bonds is 5. The Balaban J connectivity index is 1.32. The van der Waals surface area contributed by atoms with Gasteiger partial charge in [0.25, 0.3) is 11.8 Å². The van der Waals surface area contributed by atoms with E-state index in [-0.39, 0.29) is 35.7 Å². The van der Waals surface area contributed by atoms with Gasteiger partial charge in [-0.2, -0.15) is 8.78 Å². The van der Waals surface area contributed by atoms with Crippen LogP contribution >= 0.6 is 0 Å². The van der Waals surface area contributed by atoms with Gasteiger partial charge in [0, 0.05) is 29.6 Å². The van der Waals surface area contributed by atoms with E-state index in [4.69, 9.17) is 4.42 Å². The SMILES string of the molecule is O=C(N[C@@H]1CCCCC1N1Cc2ccc(-c3nnc(C(F)F)o3)cc2C1=O)C1CCCCC1. The first kappa shape index (κ1) is 22.0. The number of aromatic nitrogens is 2. The minimum Gasteiger partial charge on any atom is -0.415 e. The molecular weight excluding hydrogens is 430 g/mol. The van der Waals surface area contributed by atoms with Gasteiger partial charge in [0.1, 0.15) is 0 Å². The Morgan fingerprint density at radius 3 is 2.58 bits per heavy atom. The highest BCUT2D eigenvalue weighted by Crippen LogP contribution is 2.34. The Labute approximate surface area is 190 Å². The van der Waals surface area contributed by atoms with Crippen LogP contribution in [0.25, 0.3) is 11.5 Å². The monoisotopic (exact) mass is 458 g/mol. The number of carbonyl (C=O) groups is 2. The quantitative estimate of drug-likeness (QED) is 0.705. The smallest absolute Gasteiger partial charge is 0.314 e. The van der Waals surface area contributed by atoms with Crippen LogP contribution in [0.15, 0.2) is 22.6 Å². The third-order valence-electron chi connectivity index (χ3n) is 7.25. The highest BCUT2D eigenvalue weighted by atomic mass is 19.3. The first-order valence-corrected chi connectivity index (χ1v) is 11.9. The number of halogens is 2.